The lowest BCUT2D eigenvalue weighted by molar-refractivity contribution is 0.184. The molecule has 0 spiro atoms. The monoisotopic (exact) mass is 219 g/mol. The van der Waals surface area contributed by atoms with Crippen LogP contribution in [0.3, 0.4) is 0 Å². The summed E-state index contributed by atoms with van der Waals surface area (Å²) in [5.74, 6) is 0. The highest BCUT2D eigenvalue weighted by Gasteiger charge is 2.15. The Bertz CT molecular complexity index is 284. The van der Waals surface area contributed by atoms with Gasteiger partial charge in [-0.1, -0.05) is 58.0 Å². The molecule has 0 saturated heterocycles. The van der Waals surface area contributed by atoms with Gasteiger partial charge in [-0.25, -0.2) is 0 Å². The summed E-state index contributed by atoms with van der Waals surface area (Å²) in [6.45, 7) is 12.6. The molecule has 0 fully saturated rings. The van der Waals surface area contributed by atoms with Gasteiger partial charge in [0.2, 0.25) is 0 Å². The van der Waals surface area contributed by atoms with Crippen molar-refractivity contribution in [2.75, 3.05) is 13.1 Å². The Morgan fingerprint density at radius 3 is 2.19 bits per heavy atom. The zero-order valence-electron chi connectivity index (χ0n) is 11.2. The van der Waals surface area contributed by atoms with Gasteiger partial charge in [0, 0.05) is 13.1 Å². The molecule has 0 aliphatic rings. The van der Waals surface area contributed by atoms with E-state index in [0.717, 1.165) is 13.1 Å². The summed E-state index contributed by atoms with van der Waals surface area (Å²) in [6, 6.07) is 10.8. The first kappa shape index (κ1) is 13.2. The SMILES string of the molecule is CCCN(Cc1ccccc1)CC(C)(C)C. The maximum atomic E-state index is 2.55. The van der Waals surface area contributed by atoms with Gasteiger partial charge in [-0.15, -0.1) is 0 Å². The van der Waals surface area contributed by atoms with Crippen LogP contribution in [-0.2, 0) is 6.54 Å². The van der Waals surface area contributed by atoms with Gasteiger partial charge in [-0.3, -0.25) is 4.90 Å². The van der Waals surface area contributed by atoms with Crippen molar-refractivity contribution in [3.63, 3.8) is 0 Å². The van der Waals surface area contributed by atoms with Crippen LogP contribution in [-0.4, -0.2) is 18.0 Å². The molecule has 1 aromatic rings. The highest BCUT2D eigenvalue weighted by atomic mass is 15.1. The van der Waals surface area contributed by atoms with Crippen molar-refractivity contribution in [3.05, 3.63) is 35.9 Å². The molecule has 0 N–H and O–H groups in total. The van der Waals surface area contributed by atoms with Crippen LogP contribution in [0.4, 0.5) is 0 Å². The normalized spacial score (nSPS) is 12.1. The van der Waals surface area contributed by atoms with Crippen LogP contribution < -0.4 is 0 Å². The number of rotatable bonds is 5. The van der Waals surface area contributed by atoms with E-state index in [-0.39, 0.29) is 0 Å². The van der Waals surface area contributed by atoms with Gasteiger partial charge in [0.25, 0.3) is 0 Å². The lowest BCUT2D eigenvalue weighted by Gasteiger charge is -2.29. The second-order valence-electron chi connectivity index (χ2n) is 5.76. The second-order valence-corrected chi connectivity index (χ2v) is 5.76. The topological polar surface area (TPSA) is 3.24 Å². The maximum Gasteiger partial charge on any atom is 0.0233 e. The van der Waals surface area contributed by atoms with Gasteiger partial charge in [0.15, 0.2) is 0 Å². The zero-order valence-corrected chi connectivity index (χ0v) is 11.2. The summed E-state index contributed by atoms with van der Waals surface area (Å²) >= 11 is 0. The molecule has 0 aliphatic heterocycles. The lowest BCUT2D eigenvalue weighted by Crippen LogP contribution is -2.32. The van der Waals surface area contributed by atoms with E-state index in [1.165, 1.54) is 18.5 Å². The Kier molecular flexibility index (Phi) is 5.01. The lowest BCUT2D eigenvalue weighted by atomic mass is 9.95. The van der Waals surface area contributed by atoms with Crippen molar-refractivity contribution in [1.82, 2.24) is 4.90 Å². The van der Waals surface area contributed by atoms with Crippen molar-refractivity contribution in [3.8, 4) is 0 Å². The van der Waals surface area contributed by atoms with E-state index >= 15 is 0 Å². The van der Waals surface area contributed by atoms with Crippen molar-refractivity contribution in [2.45, 2.75) is 40.7 Å². The minimum atomic E-state index is 0.379. The molecular formula is C15H25N. The molecule has 0 unspecified atom stereocenters. The minimum Gasteiger partial charge on any atom is -0.299 e. The first-order chi connectivity index (χ1) is 7.51. The van der Waals surface area contributed by atoms with Gasteiger partial charge >= 0.3 is 0 Å². The molecule has 1 aromatic carbocycles. The number of benzene rings is 1. The van der Waals surface area contributed by atoms with Crippen LogP contribution in [0.5, 0.6) is 0 Å². The Balaban J connectivity index is 2.58. The van der Waals surface area contributed by atoms with Crippen molar-refractivity contribution < 1.29 is 0 Å². The molecule has 90 valence electrons. The van der Waals surface area contributed by atoms with Crippen LogP contribution in [0.2, 0.25) is 0 Å². The summed E-state index contributed by atoms with van der Waals surface area (Å²) in [7, 11) is 0. The molecule has 0 aromatic heterocycles. The standard InChI is InChI=1S/C15H25N/c1-5-11-16(13-15(2,3)4)12-14-9-7-6-8-10-14/h6-10H,5,11-13H2,1-4H3. The molecule has 1 heteroatoms. The molecule has 0 saturated carbocycles. The van der Waals surface area contributed by atoms with Crippen LogP contribution >= 0.6 is 0 Å². The Labute approximate surface area is 100 Å². The van der Waals surface area contributed by atoms with Gasteiger partial charge in [0.05, 0.1) is 0 Å². The van der Waals surface area contributed by atoms with E-state index < -0.39 is 0 Å². The Hall–Kier alpha value is -0.820. The first-order valence-corrected chi connectivity index (χ1v) is 6.27. The van der Waals surface area contributed by atoms with Crippen molar-refractivity contribution in [2.24, 2.45) is 5.41 Å². The molecule has 1 rings (SSSR count). The number of hydrogen-bond acceptors (Lipinski definition) is 1. The summed E-state index contributed by atoms with van der Waals surface area (Å²) in [4.78, 5) is 2.55. The zero-order chi connectivity index (χ0) is 12.0. The van der Waals surface area contributed by atoms with E-state index in [1.807, 2.05) is 0 Å². The fraction of sp³-hybridized carbons (Fsp3) is 0.600. The predicted octanol–water partition coefficient (Wildman–Crippen LogP) is 3.94. The summed E-state index contributed by atoms with van der Waals surface area (Å²) in [5.41, 5.74) is 1.80. The average Bonchev–Trinajstić information content (AvgIpc) is 2.17. The molecule has 0 radical (unpaired) electrons. The van der Waals surface area contributed by atoms with Gasteiger partial charge in [-0.05, 0) is 23.9 Å². The molecule has 0 bridgehead atoms. The summed E-state index contributed by atoms with van der Waals surface area (Å²) in [5, 5.41) is 0. The summed E-state index contributed by atoms with van der Waals surface area (Å²) < 4.78 is 0. The van der Waals surface area contributed by atoms with Crippen LogP contribution in [0.1, 0.15) is 39.7 Å². The van der Waals surface area contributed by atoms with Crippen LogP contribution in [0.15, 0.2) is 30.3 Å². The van der Waals surface area contributed by atoms with Crippen molar-refractivity contribution >= 4 is 0 Å². The van der Waals surface area contributed by atoms with Crippen LogP contribution in [0.25, 0.3) is 0 Å². The minimum absolute atomic E-state index is 0.379. The first-order valence-electron chi connectivity index (χ1n) is 6.27. The van der Waals surface area contributed by atoms with Crippen LogP contribution in [0, 0.1) is 5.41 Å². The van der Waals surface area contributed by atoms with E-state index in [2.05, 4.69) is 62.9 Å². The quantitative estimate of drug-likeness (QED) is 0.725. The molecule has 0 heterocycles. The van der Waals surface area contributed by atoms with Gasteiger partial charge in [0.1, 0.15) is 0 Å². The van der Waals surface area contributed by atoms with Gasteiger partial charge in [-0.2, -0.15) is 0 Å². The molecule has 0 atom stereocenters. The highest BCUT2D eigenvalue weighted by Crippen LogP contribution is 2.17. The second kappa shape index (κ2) is 6.05. The molecule has 0 aliphatic carbocycles. The Morgan fingerprint density at radius 2 is 1.69 bits per heavy atom. The number of hydrogen-bond donors (Lipinski definition) is 0. The third kappa shape index (κ3) is 5.32. The number of nitrogens with zero attached hydrogens (tertiary/aromatic N) is 1. The largest absolute Gasteiger partial charge is 0.299 e. The fourth-order valence-electron chi connectivity index (χ4n) is 2.04. The van der Waals surface area contributed by atoms with Gasteiger partial charge < -0.3 is 0 Å². The van der Waals surface area contributed by atoms with E-state index in [1.54, 1.807) is 0 Å². The smallest absolute Gasteiger partial charge is 0.0233 e. The van der Waals surface area contributed by atoms with Crippen molar-refractivity contribution in [1.29, 1.82) is 0 Å². The third-order valence-corrected chi connectivity index (χ3v) is 2.49. The fourth-order valence-corrected chi connectivity index (χ4v) is 2.04. The molecule has 16 heavy (non-hydrogen) atoms. The Morgan fingerprint density at radius 1 is 1.06 bits per heavy atom. The predicted molar refractivity (Wildman–Crippen MR) is 71.5 cm³/mol. The third-order valence-electron chi connectivity index (χ3n) is 2.49. The molecular weight excluding hydrogens is 194 g/mol. The maximum absolute atomic E-state index is 2.55. The summed E-state index contributed by atoms with van der Waals surface area (Å²) in [6.07, 6.45) is 1.23. The van der Waals surface area contributed by atoms with E-state index in [0.29, 0.717) is 5.41 Å². The molecule has 1 nitrogen and oxygen atoms in total. The molecule has 0 amide bonds. The van der Waals surface area contributed by atoms with E-state index in [4.69, 9.17) is 0 Å². The highest BCUT2D eigenvalue weighted by molar-refractivity contribution is 5.14. The average molecular weight is 219 g/mol. The van der Waals surface area contributed by atoms with E-state index in [9.17, 15) is 0 Å².